The van der Waals surface area contributed by atoms with Gasteiger partial charge in [0.2, 0.25) is 0 Å². The van der Waals surface area contributed by atoms with Crippen LogP contribution in [0.3, 0.4) is 0 Å². The zero-order valence-electron chi connectivity index (χ0n) is 10.5. The Morgan fingerprint density at radius 2 is 2.00 bits per heavy atom. The molecule has 0 aliphatic heterocycles. The van der Waals surface area contributed by atoms with E-state index in [1.54, 1.807) is 19.2 Å². The predicted octanol–water partition coefficient (Wildman–Crippen LogP) is 1.62. The van der Waals surface area contributed by atoms with E-state index in [0.29, 0.717) is 0 Å². The largest absolute Gasteiger partial charge is 0.396 e. The van der Waals surface area contributed by atoms with Gasteiger partial charge in [-0.1, -0.05) is 19.3 Å². The lowest BCUT2D eigenvalue weighted by Crippen LogP contribution is -2.38. The fourth-order valence-corrected chi connectivity index (χ4v) is 3.83. The quantitative estimate of drug-likeness (QED) is 0.904. The van der Waals surface area contributed by atoms with Gasteiger partial charge in [0.15, 0.2) is 5.03 Å². The highest BCUT2D eigenvalue weighted by atomic mass is 32.2. The summed E-state index contributed by atoms with van der Waals surface area (Å²) >= 11 is 0. The van der Waals surface area contributed by atoms with Crippen LogP contribution in [-0.4, -0.2) is 30.8 Å². The van der Waals surface area contributed by atoms with Crippen LogP contribution in [0, 0.1) is 0 Å². The van der Waals surface area contributed by atoms with E-state index in [9.17, 15) is 8.42 Å². The first kappa shape index (κ1) is 13.3. The molecular formula is C12H19N3O2S. The molecule has 0 radical (unpaired) electrons. The van der Waals surface area contributed by atoms with E-state index in [1.807, 2.05) is 0 Å². The average molecular weight is 269 g/mol. The molecule has 0 unspecified atom stereocenters. The molecule has 0 amide bonds. The Kier molecular flexibility index (Phi) is 3.87. The summed E-state index contributed by atoms with van der Waals surface area (Å²) in [7, 11) is -1.95. The number of nitrogen functional groups attached to an aromatic ring is 1. The number of anilines is 1. The van der Waals surface area contributed by atoms with Crippen molar-refractivity contribution in [2.75, 3.05) is 12.8 Å². The van der Waals surface area contributed by atoms with Crippen LogP contribution in [-0.2, 0) is 10.0 Å². The maximum atomic E-state index is 12.4. The third-order valence-corrected chi connectivity index (χ3v) is 5.40. The molecule has 1 aliphatic carbocycles. The Labute approximate surface area is 108 Å². The third kappa shape index (κ3) is 2.49. The monoisotopic (exact) mass is 269 g/mol. The summed E-state index contributed by atoms with van der Waals surface area (Å²) in [6.07, 6.45) is 6.66. The minimum Gasteiger partial charge on any atom is -0.396 e. The SMILES string of the molecule is CN(C1CCCCC1)S(=O)(=O)c1ncccc1N. The molecular weight excluding hydrogens is 250 g/mol. The van der Waals surface area contributed by atoms with E-state index >= 15 is 0 Å². The van der Waals surface area contributed by atoms with Crippen molar-refractivity contribution >= 4 is 15.7 Å². The minimum absolute atomic E-state index is 0.0296. The molecule has 0 spiro atoms. The van der Waals surface area contributed by atoms with Crippen LogP contribution in [0.5, 0.6) is 0 Å². The highest BCUT2D eigenvalue weighted by Gasteiger charge is 2.31. The molecule has 1 aromatic rings. The van der Waals surface area contributed by atoms with E-state index in [0.717, 1.165) is 25.7 Å². The molecule has 2 N–H and O–H groups in total. The maximum absolute atomic E-state index is 12.4. The molecule has 0 aromatic carbocycles. The number of nitrogens with two attached hydrogens (primary N) is 1. The van der Waals surface area contributed by atoms with Crippen molar-refractivity contribution in [1.82, 2.24) is 9.29 Å². The second-order valence-corrected chi connectivity index (χ2v) is 6.62. The molecule has 1 saturated carbocycles. The number of aromatic nitrogens is 1. The number of sulfonamides is 1. The molecule has 0 atom stereocenters. The maximum Gasteiger partial charge on any atom is 0.262 e. The van der Waals surface area contributed by atoms with E-state index in [1.165, 1.54) is 16.9 Å². The van der Waals surface area contributed by atoms with Gasteiger partial charge in [0.1, 0.15) is 0 Å². The van der Waals surface area contributed by atoms with Crippen LogP contribution in [0.15, 0.2) is 23.4 Å². The van der Waals surface area contributed by atoms with Gasteiger partial charge in [-0.15, -0.1) is 0 Å². The topological polar surface area (TPSA) is 76.3 Å². The Morgan fingerprint density at radius 3 is 2.61 bits per heavy atom. The lowest BCUT2D eigenvalue weighted by atomic mass is 9.96. The van der Waals surface area contributed by atoms with Crippen molar-refractivity contribution in [1.29, 1.82) is 0 Å². The summed E-state index contributed by atoms with van der Waals surface area (Å²) in [5, 5.41) is -0.0296. The summed E-state index contributed by atoms with van der Waals surface area (Å²) in [5.41, 5.74) is 5.91. The van der Waals surface area contributed by atoms with Gasteiger partial charge >= 0.3 is 0 Å². The Morgan fingerprint density at radius 1 is 1.33 bits per heavy atom. The average Bonchev–Trinajstić information content (AvgIpc) is 2.39. The van der Waals surface area contributed by atoms with Crippen LogP contribution in [0.1, 0.15) is 32.1 Å². The van der Waals surface area contributed by atoms with Gasteiger partial charge in [0, 0.05) is 19.3 Å². The van der Waals surface area contributed by atoms with Gasteiger partial charge < -0.3 is 5.73 Å². The zero-order chi connectivity index (χ0) is 13.2. The van der Waals surface area contributed by atoms with Gasteiger partial charge in [-0.05, 0) is 25.0 Å². The minimum atomic E-state index is -3.57. The summed E-state index contributed by atoms with van der Waals surface area (Å²) in [6.45, 7) is 0. The molecule has 2 rings (SSSR count). The zero-order valence-corrected chi connectivity index (χ0v) is 11.4. The number of hydrogen-bond acceptors (Lipinski definition) is 4. The second-order valence-electron chi connectivity index (χ2n) is 4.71. The van der Waals surface area contributed by atoms with Crippen LogP contribution < -0.4 is 5.73 Å². The lowest BCUT2D eigenvalue weighted by molar-refractivity contribution is 0.285. The summed E-state index contributed by atoms with van der Waals surface area (Å²) in [4.78, 5) is 3.91. The van der Waals surface area contributed by atoms with E-state index in [-0.39, 0.29) is 16.8 Å². The highest BCUT2D eigenvalue weighted by Crippen LogP contribution is 2.27. The smallest absolute Gasteiger partial charge is 0.262 e. The van der Waals surface area contributed by atoms with Gasteiger partial charge in [-0.3, -0.25) is 0 Å². The van der Waals surface area contributed by atoms with Crippen LogP contribution >= 0.6 is 0 Å². The highest BCUT2D eigenvalue weighted by molar-refractivity contribution is 7.89. The lowest BCUT2D eigenvalue weighted by Gasteiger charge is -2.30. The van der Waals surface area contributed by atoms with E-state index < -0.39 is 10.0 Å². The molecule has 18 heavy (non-hydrogen) atoms. The molecule has 6 heteroatoms. The van der Waals surface area contributed by atoms with Gasteiger partial charge in [-0.25, -0.2) is 13.4 Å². The number of hydrogen-bond donors (Lipinski definition) is 1. The van der Waals surface area contributed by atoms with Gasteiger partial charge in [0.05, 0.1) is 5.69 Å². The van der Waals surface area contributed by atoms with Crippen LogP contribution in [0.2, 0.25) is 0 Å². The Bertz CT molecular complexity index is 510. The first-order chi connectivity index (χ1) is 8.53. The number of nitrogens with zero attached hydrogens (tertiary/aromatic N) is 2. The van der Waals surface area contributed by atoms with Gasteiger partial charge in [0.25, 0.3) is 10.0 Å². The van der Waals surface area contributed by atoms with Crippen molar-refractivity contribution in [3.8, 4) is 0 Å². The third-order valence-electron chi connectivity index (χ3n) is 3.51. The van der Waals surface area contributed by atoms with Gasteiger partial charge in [-0.2, -0.15) is 4.31 Å². The summed E-state index contributed by atoms with van der Waals surface area (Å²) in [5.74, 6) is 0. The number of rotatable bonds is 3. The molecule has 1 aliphatic rings. The van der Waals surface area contributed by atoms with Crippen molar-refractivity contribution in [3.05, 3.63) is 18.3 Å². The molecule has 5 nitrogen and oxygen atoms in total. The standard InChI is InChI=1S/C12H19N3O2S/c1-15(10-6-3-2-4-7-10)18(16,17)12-11(13)8-5-9-14-12/h5,8-10H,2-4,6-7,13H2,1H3. The Balaban J connectivity index is 2.28. The molecule has 0 bridgehead atoms. The normalized spacial score (nSPS) is 18.1. The first-order valence-corrected chi connectivity index (χ1v) is 7.66. The van der Waals surface area contributed by atoms with Crippen LogP contribution in [0.25, 0.3) is 0 Å². The van der Waals surface area contributed by atoms with Crippen molar-refractivity contribution in [2.24, 2.45) is 0 Å². The molecule has 1 aromatic heterocycles. The molecule has 1 heterocycles. The van der Waals surface area contributed by atoms with Crippen LogP contribution in [0.4, 0.5) is 5.69 Å². The van der Waals surface area contributed by atoms with E-state index in [4.69, 9.17) is 5.73 Å². The summed E-state index contributed by atoms with van der Waals surface area (Å²) in [6, 6.07) is 3.27. The van der Waals surface area contributed by atoms with Crippen molar-refractivity contribution in [2.45, 2.75) is 43.2 Å². The number of pyridine rings is 1. The first-order valence-electron chi connectivity index (χ1n) is 6.22. The summed E-state index contributed by atoms with van der Waals surface area (Å²) < 4.78 is 26.3. The van der Waals surface area contributed by atoms with E-state index in [2.05, 4.69) is 4.98 Å². The van der Waals surface area contributed by atoms with Crippen molar-refractivity contribution < 1.29 is 8.42 Å². The fraction of sp³-hybridized carbons (Fsp3) is 0.583. The fourth-order valence-electron chi connectivity index (χ4n) is 2.40. The molecule has 100 valence electrons. The molecule has 0 saturated heterocycles. The molecule has 1 fully saturated rings. The Hall–Kier alpha value is -1.14. The van der Waals surface area contributed by atoms with Crippen molar-refractivity contribution in [3.63, 3.8) is 0 Å². The predicted molar refractivity (Wildman–Crippen MR) is 70.5 cm³/mol. The second kappa shape index (κ2) is 5.24.